The Balaban J connectivity index is 2.16. The van der Waals surface area contributed by atoms with Crippen LogP contribution in [-0.4, -0.2) is 18.8 Å². The van der Waals surface area contributed by atoms with Crippen molar-refractivity contribution in [3.63, 3.8) is 0 Å². The standard InChI is InChI=1S/C12H12Br2F3NO/c1-19-10-7(4-8(13)5-9(10)14)6-18-11(2-3-11)12(15,16)17/h4-5,18H,2-3,6H2,1H3. The zero-order valence-electron chi connectivity index (χ0n) is 10.1. The summed E-state index contributed by atoms with van der Waals surface area (Å²) in [6, 6.07) is 3.54. The molecule has 7 heteroatoms. The van der Waals surface area contributed by atoms with Crippen LogP contribution in [0.25, 0.3) is 0 Å². The summed E-state index contributed by atoms with van der Waals surface area (Å²) in [4.78, 5) is 0. The predicted molar refractivity (Wildman–Crippen MR) is 73.3 cm³/mol. The summed E-state index contributed by atoms with van der Waals surface area (Å²) < 4.78 is 45.2. The van der Waals surface area contributed by atoms with Crippen LogP contribution in [0.4, 0.5) is 13.2 Å². The van der Waals surface area contributed by atoms with Crippen molar-refractivity contribution in [3.05, 3.63) is 26.6 Å². The van der Waals surface area contributed by atoms with Crippen LogP contribution in [0.15, 0.2) is 21.1 Å². The van der Waals surface area contributed by atoms with Crippen molar-refractivity contribution < 1.29 is 17.9 Å². The maximum atomic E-state index is 12.8. The highest BCUT2D eigenvalue weighted by Gasteiger charge is 2.62. The van der Waals surface area contributed by atoms with Gasteiger partial charge in [-0.05, 0) is 40.9 Å². The fraction of sp³-hybridized carbons (Fsp3) is 0.500. The fourth-order valence-corrected chi connectivity index (χ4v) is 3.40. The molecule has 0 amide bonds. The highest BCUT2D eigenvalue weighted by atomic mass is 79.9. The molecular weight excluding hydrogens is 391 g/mol. The molecule has 0 radical (unpaired) electrons. The highest BCUT2D eigenvalue weighted by molar-refractivity contribution is 9.11. The average Bonchev–Trinajstić information content (AvgIpc) is 3.05. The van der Waals surface area contributed by atoms with Crippen LogP contribution in [0.3, 0.4) is 0 Å². The summed E-state index contributed by atoms with van der Waals surface area (Å²) in [5.74, 6) is 0.550. The number of hydrogen-bond donors (Lipinski definition) is 1. The lowest BCUT2D eigenvalue weighted by Gasteiger charge is -2.21. The molecule has 1 aliphatic rings. The second kappa shape index (κ2) is 5.26. The molecule has 1 N–H and O–H groups in total. The Morgan fingerprint density at radius 2 is 1.95 bits per heavy atom. The van der Waals surface area contributed by atoms with E-state index in [1.807, 2.05) is 0 Å². The van der Waals surface area contributed by atoms with E-state index in [4.69, 9.17) is 4.74 Å². The molecule has 0 atom stereocenters. The van der Waals surface area contributed by atoms with Crippen LogP contribution < -0.4 is 10.1 Å². The Hall–Kier alpha value is -0.270. The van der Waals surface area contributed by atoms with Gasteiger partial charge in [0.25, 0.3) is 0 Å². The fourth-order valence-electron chi connectivity index (χ4n) is 1.92. The summed E-state index contributed by atoms with van der Waals surface area (Å²) in [6.45, 7) is 0.112. The van der Waals surface area contributed by atoms with E-state index in [1.165, 1.54) is 7.11 Å². The molecule has 0 bridgehead atoms. The molecule has 1 aromatic carbocycles. The van der Waals surface area contributed by atoms with Crippen molar-refractivity contribution in [1.29, 1.82) is 0 Å². The molecule has 2 nitrogen and oxygen atoms in total. The van der Waals surface area contributed by atoms with Crippen molar-refractivity contribution in [2.24, 2.45) is 0 Å². The lowest BCUT2D eigenvalue weighted by atomic mass is 10.1. The lowest BCUT2D eigenvalue weighted by Crippen LogP contribution is -2.44. The van der Waals surface area contributed by atoms with Crippen molar-refractivity contribution >= 4 is 31.9 Å². The molecule has 0 unspecified atom stereocenters. The maximum absolute atomic E-state index is 12.8. The predicted octanol–water partition coefficient (Wildman–Crippen LogP) is 4.40. The van der Waals surface area contributed by atoms with Crippen molar-refractivity contribution in [1.82, 2.24) is 5.32 Å². The van der Waals surface area contributed by atoms with Crippen LogP contribution in [0.1, 0.15) is 18.4 Å². The molecule has 0 aliphatic heterocycles. The summed E-state index contributed by atoms with van der Waals surface area (Å²) in [5.41, 5.74) is -1.04. The number of hydrogen-bond acceptors (Lipinski definition) is 2. The minimum absolute atomic E-state index is 0.112. The van der Waals surface area contributed by atoms with Crippen LogP contribution in [0.2, 0.25) is 0 Å². The third-order valence-corrected chi connectivity index (χ3v) is 4.25. The van der Waals surface area contributed by atoms with Crippen molar-refractivity contribution in [2.45, 2.75) is 31.1 Å². The van der Waals surface area contributed by atoms with Crippen LogP contribution in [0.5, 0.6) is 5.75 Å². The molecular formula is C12H12Br2F3NO. The van der Waals surface area contributed by atoms with Crippen molar-refractivity contribution in [2.75, 3.05) is 7.11 Å². The molecule has 19 heavy (non-hydrogen) atoms. The number of methoxy groups -OCH3 is 1. The van der Waals surface area contributed by atoms with Crippen LogP contribution >= 0.6 is 31.9 Å². The van der Waals surface area contributed by atoms with Gasteiger partial charge in [0, 0.05) is 16.6 Å². The van der Waals surface area contributed by atoms with Gasteiger partial charge in [0.1, 0.15) is 11.3 Å². The Morgan fingerprint density at radius 1 is 1.32 bits per heavy atom. The molecule has 0 heterocycles. The van der Waals surface area contributed by atoms with Gasteiger partial charge in [-0.15, -0.1) is 0 Å². The molecule has 106 valence electrons. The number of halogens is 5. The summed E-state index contributed by atoms with van der Waals surface area (Å²) >= 11 is 6.65. The van der Waals surface area contributed by atoms with Crippen LogP contribution in [0, 0.1) is 0 Å². The Morgan fingerprint density at radius 3 is 2.42 bits per heavy atom. The van der Waals surface area contributed by atoms with Crippen LogP contribution in [-0.2, 0) is 6.54 Å². The first kappa shape index (κ1) is 15.1. The first-order chi connectivity index (χ1) is 8.79. The van der Waals surface area contributed by atoms with E-state index in [1.54, 1.807) is 12.1 Å². The third-order valence-electron chi connectivity index (χ3n) is 3.20. The first-order valence-corrected chi connectivity index (χ1v) is 7.21. The summed E-state index contributed by atoms with van der Waals surface area (Å²) in [6.07, 6.45) is -3.94. The van der Waals surface area contributed by atoms with Gasteiger partial charge in [0.05, 0.1) is 11.6 Å². The largest absolute Gasteiger partial charge is 0.495 e. The van der Waals surface area contributed by atoms with Gasteiger partial charge >= 0.3 is 6.18 Å². The molecule has 0 saturated heterocycles. The summed E-state index contributed by atoms with van der Waals surface area (Å²) in [5, 5.41) is 2.61. The van der Waals surface area contributed by atoms with E-state index < -0.39 is 11.7 Å². The van der Waals surface area contributed by atoms with E-state index in [0.717, 1.165) is 4.47 Å². The Bertz CT molecular complexity index is 487. The summed E-state index contributed by atoms with van der Waals surface area (Å²) in [7, 11) is 1.49. The number of rotatable bonds is 4. The van der Waals surface area contributed by atoms with E-state index in [0.29, 0.717) is 15.8 Å². The quantitative estimate of drug-likeness (QED) is 0.805. The van der Waals surface area contributed by atoms with Gasteiger partial charge in [-0.3, -0.25) is 5.32 Å². The first-order valence-electron chi connectivity index (χ1n) is 5.63. The topological polar surface area (TPSA) is 21.3 Å². The normalized spacial score (nSPS) is 17.4. The Kier molecular flexibility index (Phi) is 4.18. The molecule has 1 fully saturated rings. The van der Waals surface area contributed by atoms with Gasteiger partial charge < -0.3 is 4.74 Å². The molecule has 0 aromatic heterocycles. The van der Waals surface area contributed by atoms with E-state index in [9.17, 15) is 13.2 Å². The minimum atomic E-state index is -4.20. The smallest absolute Gasteiger partial charge is 0.406 e. The highest BCUT2D eigenvalue weighted by Crippen LogP contribution is 2.49. The van der Waals surface area contributed by atoms with Gasteiger partial charge in [0.2, 0.25) is 0 Å². The van der Waals surface area contributed by atoms with Gasteiger partial charge in [0.15, 0.2) is 0 Å². The lowest BCUT2D eigenvalue weighted by molar-refractivity contribution is -0.166. The SMILES string of the molecule is COc1c(Br)cc(Br)cc1CNC1(C(F)(F)F)CC1. The van der Waals surface area contributed by atoms with E-state index in [2.05, 4.69) is 37.2 Å². The zero-order valence-corrected chi connectivity index (χ0v) is 13.2. The molecule has 2 rings (SSSR count). The monoisotopic (exact) mass is 401 g/mol. The van der Waals surface area contributed by atoms with Gasteiger partial charge in [-0.25, -0.2) is 0 Å². The van der Waals surface area contributed by atoms with Crippen molar-refractivity contribution in [3.8, 4) is 5.75 Å². The second-order valence-corrected chi connectivity index (χ2v) is 6.28. The molecule has 1 saturated carbocycles. The number of benzene rings is 1. The minimum Gasteiger partial charge on any atom is -0.495 e. The number of ether oxygens (including phenoxy) is 1. The maximum Gasteiger partial charge on any atom is 0.406 e. The zero-order chi connectivity index (χ0) is 14.3. The molecule has 1 aromatic rings. The number of nitrogens with one attached hydrogen (secondary N) is 1. The van der Waals surface area contributed by atoms with Gasteiger partial charge in [-0.1, -0.05) is 15.9 Å². The molecule has 0 spiro atoms. The average molecular weight is 403 g/mol. The third kappa shape index (κ3) is 3.08. The van der Waals surface area contributed by atoms with E-state index >= 15 is 0 Å². The second-order valence-electron chi connectivity index (χ2n) is 4.51. The van der Waals surface area contributed by atoms with E-state index in [-0.39, 0.29) is 19.4 Å². The van der Waals surface area contributed by atoms with Gasteiger partial charge in [-0.2, -0.15) is 13.2 Å². The Labute approximate surface area is 126 Å². The number of alkyl halides is 3. The molecule has 1 aliphatic carbocycles.